The smallest absolute Gasteiger partial charge is 0.242 e. The lowest BCUT2D eigenvalue weighted by Gasteiger charge is -2.11. The van der Waals surface area contributed by atoms with E-state index in [4.69, 9.17) is 4.74 Å². The molecule has 8 heteroatoms. The van der Waals surface area contributed by atoms with E-state index in [9.17, 15) is 14.0 Å². The van der Waals surface area contributed by atoms with Crippen LogP contribution in [0, 0.1) is 5.82 Å². The molecule has 0 radical (unpaired) electrons. The highest BCUT2D eigenvalue weighted by Gasteiger charge is 2.37. The number of carbonyl (C=O) groups excluding carboxylic acids is 2. The first-order valence-corrected chi connectivity index (χ1v) is 9.07. The summed E-state index contributed by atoms with van der Waals surface area (Å²) < 4.78 is 18.2. The third kappa shape index (κ3) is 4.46. The molecular formula is C19H18FN3O3S. The molecule has 2 aromatic rings. The third-order valence-corrected chi connectivity index (χ3v) is 5.17. The van der Waals surface area contributed by atoms with Gasteiger partial charge in [-0.1, -0.05) is 23.9 Å². The highest BCUT2D eigenvalue weighted by molar-refractivity contribution is 8.15. The van der Waals surface area contributed by atoms with Gasteiger partial charge in [-0.25, -0.2) is 9.38 Å². The first kappa shape index (κ1) is 18.9. The molecule has 0 unspecified atom stereocenters. The fourth-order valence-corrected chi connectivity index (χ4v) is 3.70. The molecule has 140 valence electrons. The number of aliphatic imine (C=N–C) groups is 1. The van der Waals surface area contributed by atoms with Crippen LogP contribution in [0.4, 0.5) is 15.8 Å². The van der Waals surface area contributed by atoms with Gasteiger partial charge in [0.05, 0.1) is 18.5 Å². The molecule has 0 aromatic heterocycles. The highest BCUT2D eigenvalue weighted by Crippen LogP contribution is 2.31. The van der Waals surface area contributed by atoms with Gasteiger partial charge in [-0.3, -0.25) is 14.5 Å². The average Bonchev–Trinajstić information content (AvgIpc) is 2.92. The SMILES string of the molecule is COc1ccccc1NC(=O)C[C@@H]1SC(=Nc2ccc(F)cc2)N(C)C1=O. The van der Waals surface area contributed by atoms with Crippen LogP contribution in [0.1, 0.15) is 6.42 Å². The van der Waals surface area contributed by atoms with Crippen LogP contribution in [0.2, 0.25) is 0 Å². The lowest BCUT2D eigenvalue weighted by Crippen LogP contribution is -2.30. The molecule has 0 spiro atoms. The number of hydrogen-bond acceptors (Lipinski definition) is 5. The zero-order chi connectivity index (χ0) is 19.4. The maximum atomic E-state index is 13.0. The number of ether oxygens (including phenoxy) is 1. The number of amides is 2. The quantitative estimate of drug-likeness (QED) is 0.853. The normalized spacial score (nSPS) is 18.0. The maximum absolute atomic E-state index is 13.0. The van der Waals surface area contributed by atoms with Gasteiger partial charge in [-0.15, -0.1) is 0 Å². The van der Waals surface area contributed by atoms with Crippen molar-refractivity contribution in [1.29, 1.82) is 0 Å². The number of halogens is 1. The Kier molecular flexibility index (Phi) is 5.75. The topological polar surface area (TPSA) is 71.0 Å². The van der Waals surface area contributed by atoms with Gasteiger partial charge in [0.15, 0.2) is 5.17 Å². The zero-order valence-electron chi connectivity index (χ0n) is 14.8. The standard InChI is InChI=1S/C19H18FN3O3S/c1-23-18(25)16(27-19(23)21-13-9-7-12(20)8-10-13)11-17(24)22-14-5-3-4-6-15(14)26-2/h3-10,16H,11H2,1-2H3,(H,22,24)/t16-/m0/s1. The van der Waals surface area contributed by atoms with Crippen molar-refractivity contribution in [1.82, 2.24) is 4.90 Å². The largest absolute Gasteiger partial charge is 0.495 e. The molecule has 27 heavy (non-hydrogen) atoms. The van der Waals surface area contributed by atoms with E-state index in [2.05, 4.69) is 10.3 Å². The van der Waals surface area contributed by atoms with Crippen molar-refractivity contribution < 1.29 is 18.7 Å². The molecule has 2 aromatic carbocycles. The summed E-state index contributed by atoms with van der Waals surface area (Å²) in [7, 11) is 3.13. The molecule has 1 fully saturated rings. The molecule has 1 atom stereocenters. The van der Waals surface area contributed by atoms with Crippen LogP contribution in [0.15, 0.2) is 53.5 Å². The molecule has 1 N–H and O–H groups in total. The van der Waals surface area contributed by atoms with E-state index < -0.39 is 5.25 Å². The van der Waals surface area contributed by atoms with Crippen LogP contribution in [-0.2, 0) is 9.59 Å². The van der Waals surface area contributed by atoms with Crippen LogP contribution in [-0.4, -0.2) is 41.3 Å². The van der Waals surface area contributed by atoms with Crippen molar-refractivity contribution in [3.63, 3.8) is 0 Å². The average molecular weight is 387 g/mol. The van der Waals surface area contributed by atoms with E-state index in [1.807, 2.05) is 0 Å². The molecule has 3 rings (SSSR count). The Morgan fingerprint density at radius 2 is 1.96 bits per heavy atom. The lowest BCUT2D eigenvalue weighted by atomic mass is 10.2. The van der Waals surface area contributed by atoms with Gasteiger partial charge in [0.2, 0.25) is 11.8 Å². The fraction of sp³-hybridized carbons (Fsp3) is 0.211. The van der Waals surface area contributed by atoms with E-state index >= 15 is 0 Å². The minimum Gasteiger partial charge on any atom is -0.495 e. The monoisotopic (exact) mass is 387 g/mol. The van der Waals surface area contributed by atoms with Gasteiger partial charge in [0, 0.05) is 13.5 Å². The van der Waals surface area contributed by atoms with Crippen LogP contribution in [0.25, 0.3) is 0 Å². The highest BCUT2D eigenvalue weighted by atomic mass is 32.2. The summed E-state index contributed by atoms with van der Waals surface area (Å²) in [6, 6.07) is 12.7. The van der Waals surface area contributed by atoms with Crippen LogP contribution < -0.4 is 10.1 Å². The Hall–Kier alpha value is -2.87. The predicted octanol–water partition coefficient (Wildman–Crippen LogP) is 3.42. The van der Waals surface area contributed by atoms with Crippen LogP contribution >= 0.6 is 11.8 Å². The molecule has 0 saturated carbocycles. The predicted molar refractivity (Wildman–Crippen MR) is 104 cm³/mol. The molecule has 1 saturated heterocycles. The van der Waals surface area contributed by atoms with Crippen molar-refractivity contribution in [3.05, 3.63) is 54.3 Å². The number of benzene rings is 2. The Bertz CT molecular complexity index is 886. The number of para-hydroxylation sites is 2. The summed E-state index contributed by atoms with van der Waals surface area (Å²) in [5.74, 6) is -0.293. The van der Waals surface area contributed by atoms with E-state index in [-0.39, 0.29) is 24.1 Å². The molecule has 6 nitrogen and oxygen atoms in total. The minimum atomic E-state index is -0.566. The summed E-state index contributed by atoms with van der Waals surface area (Å²) in [5.41, 5.74) is 1.09. The van der Waals surface area contributed by atoms with Crippen molar-refractivity contribution in [2.75, 3.05) is 19.5 Å². The van der Waals surface area contributed by atoms with Crippen LogP contribution in [0.3, 0.4) is 0 Å². The van der Waals surface area contributed by atoms with Gasteiger partial charge < -0.3 is 10.1 Å². The number of rotatable bonds is 5. The van der Waals surface area contributed by atoms with Gasteiger partial charge in [0.25, 0.3) is 0 Å². The van der Waals surface area contributed by atoms with Crippen molar-refractivity contribution >= 4 is 40.1 Å². The summed E-state index contributed by atoms with van der Waals surface area (Å²) in [6.07, 6.45) is 0.00826. The summed E-state index contributed by atoms with van der Waals surface area (Å²) in [5, 5.41) is 2.67. The van der Waals surface area contributed by atoms with Crippen LogP contribution in [0.5, 0.6) is 5.75 Å². The zero-order valence-corrected chi connectivity index (χ0v) is 15.6. The molecule has 1 heterocycles. The number of nitrogens with zero attached hydrogens (tertiary/aromatic N) is 2. The summed E-state index contributed by atoms with van der Waals surface area (Å²) >= 11 is 1.22. The maximum Gasteiger partial charge on any atom is 0.242 e. The number of hydrogen-bond donors (Lipinski definition) is 1. The molecule has 0 bridgehead atoms. The molecule has 2 amide bonds. The summed E-state index contributed by atoms with van der Waals surface area (Å²) in [4.78, 5) is 30.6. The van der Waals surface area contributed by atoms with Gasteiger partial charge >= 0.3 is 0 Å². The molecule has 1 aliphatic rings. The van der Waals surface area contributed by atoms with E-state index in [0.717, 1.165) is 0 Å². The number of nitrogens with one attached hydrogen (secondary N) is 1. The summed E-state index contributed by atoms with van der Waals surface area (Å²) in [6.45, 7) is 0. The van der Waals surface area contributed by atoms with Crippen molar-refractivity contribution in [3.8, 4) is 5.75 Å². The number of carbonyl (C=O) groups is 2. The Morgan fingerprint density at radius 1 is 1.26 bits per heavy atom. The second-order valence-corrected chi connectivity index (χ2v) is 7.00. The van der Waals surface area contributed by atoms with E-state index in [1.54, 1.807) is 31.3 Å². The number of anilines is 1. The van der Waals surface area contributed by atoms with Gasteiger partial charge in [0.1, 0.15) is 16.8 Å². The van der Waals surface area contributed by atoms with Gasteiger partial charge in [-0.2, -0.15) is 0 Å². The van der Waals surface area contributed by atoms with E-state index in [1.165, 1.54) is 48.0 Å². The second-order valence-electron chi connectivity index (χ2n) is 5.83. The first-order valence-electron chi connectivity index (χ1n) is 8.19. The second kappa shape index (κ2) is 8.22. The molecule has 0 aliphatic carbocycles. The Balaban J connectivity index is 1.68. The number of thioether (sulfide) groups is 1. The minimum absolute atomic E-state index is 0.00826. The first-order chi connectivity index (χ1) is 13.0. The van der Waals surface area contributed by atoms with Crippen molar-refractivity contribution in [2.24, 2.45) is 4.99 Å². The van der Waals surface area contributed by atoms with Crippen molar-refractivity contribution in [2.45, 2.75) is 11.7 Å². The molecular weight excluding hydrogens is 369 g/mol. The Morgan fingerprint density at radius 3 is 2.67 bits per heavy atom. The Labute approximate surface area is 160 Å². The third-order valence-electron chi connectivity index (χ3n) is 3.94. The van der Waals surface area contributed by atoms with Gasteiger partial charge in [-0.05, 0) is 36.4 Å². The fourth-order valence-electron chi connectivity index (χ4n) is 2.54. The van der Waals surface area contributed by atoms with E-state index in [0.29, 0.717) is 22.3 Å². The number of methoxy groups -OCH3 is 1. The molecule has 1 aliphatic heterocycles. The number of amidine groups is 1. The lowest BCUT2D eigenvalue weighted by molar-refractivity contribution is -0.127.